The lowest BCUT2D eigenvalue weighted by atomic mass is 9.83. The van der Waals surface area contributed by atoms with Gasteiger partial charge in [0.05, 0.1) is 13.0 Å². The molecule has 3 aromatic rings. The lowest BCUT2D eigenvalue weighted by Crippen LogP contribution is -2.43. The molecular formula is C26H25F3N2O2. The maximum absolute atomic E-state index is 14.3. The highest BCUT2D eigenvalue weighted by Crippen LogP contribution is 2.32. The van der Waals surface area contributed by atoms with E-state index in [1.807, 2.05) is 4.90 Å². The number of piperidine rings is 1. The van der Waals surface area contributed by atoms with Crippen LogP contribution in [0.2, 0.25) is 0 Å². The molecule has 0 aromatic heterocycles. The summed E-state index contributed by atoms with van der Waals surface area (Å²) in [5, 5.41) is 2.94. The molecule has 0 aliphatic carbocycles. The van der Waals surface area contributed by atoms with Gasteiger partial charge in [-0.3, -0.25) is 9.69 Å². The van der Waals surface area contributed by atoms with Crippen molar-refractivity contribution in [1.82, 2.24) is 4.90 Å². The number of anilines is 1. The van der Waals surface area contributed by atoms with Crippen LogP contribution in [0, 0.1) is 23.4 Å². The maximum atomic E-state index is 14.3. The standard InChI is InChI=1S/C26H25F3N2O2/c1-33-24-4-2-3-23(13-24)30-26(32)20-11-19(17-5-8-21(27)9-6-17)15-31(16-20)14-18-7-10-22(28)12-25(18)29/h2-10,12-13,19-20H,11,14-16H2,1H3,(H,30,32). The van der Waals surface area contributed by atoms with Gasteiger partial charge in [-0.15, -0.1) is 0 Å². The van der Waals surface area contributed by atoms with Crippen molar-refractivity contribution in [3.05, 3.63) is 95.3 Å². The number of hydrogen-bond donors (Lipinski definition) is 1. The fourth-order valence-electron chi connectivity index (χ4n) is 4.32. The van der Waals surface area contributed by atoms with Gasteiger partial charge in [0.1, 0.15) is 23.2 Å². The zero-order valence-electron chi connectivity index (χ0n) is 18.2. The van der Waals surface area contributed by atoms with Gasteiger partial charge in [0.15, 0.2) is 0 Å². The number of methoxy groups -OCH3 is 1. The Labute approximate surface area is 191 Å². The molecule has 4 rings (SSSR count). The van der Waals surface area contributed by atoms with Crippen molar-refractivity contribution < 1.29 is 22.7 Å². The highest BCUT2D eigenvalue weighted by atomic mass is 19.1. The minimum atomic E-state index is -0.630. The van der Waals surface area contributed by atoms with E-state index in [2.05, 4.69) is 5.32 Å². The molecule has 4 nitrogen and oxygen atoms in total. The minimum Gasteiger partial charge on any atom is -0.497 e. The van der Waals surface area contributed by atoms with Gasteiger partial charge in [0.2, 0.25) is 5.91 Å². The van der Waals surface area contributed by atoms with Gasteiger partial charge in [0, 0.05) is 43.0 Å². The maximum Gasteiger partial charge on any atom is 0.228 e. The predicted octanol–water partition coefficient (Wildman–Crippen LogP) is 5.36. The third-order valence-electron chi connectivity index (χ3n) is 5.98. The summed E-state index contributed by atoms with van der Waals surface area (Å²) in [7, 11) is 1.56. The number of hydrogen-bond acceptors (Lipinski definition) is 3. The van der Waals surface area contributed by atoms with Gasteiger partial charge in [0.25, 0.3) is 0 Å². The molecule has 0 saturated carbocycles. The molecule has 7 heteroatoms. The Morgan fingerprint density at radius 1 is 1.00 bits per heavy atom. The second-order valence-electron chi connectivity index (χ2n) is 8.33. The first-order chi connectivity index (χ1) is 15.9. The first-order valence-electron chi connectivity index (χ1n) is 10.8. The number of halogens is 3. The molecule has 3 aromatic carbocycles. The molecule has 1 N–H and O–H groups in total. The summed E-state index contributed by atoms with van der Waals surface area (Å²) in [5.74, 6) is -1.50. The number of rotatable bonds is 6. The van der Waals surface area contributed by atoms with Gasteiger partial charge in [-0.2, -0.15) is 0 Å². The average Bonchev–Trinajstić information content (AvgIpc) is 2.81. The summed E-state index contributed by atoms with van der Waals surface area (Å²) in [6.07, 6.45) is 0.573. The summed E-state index contributed by atoms with van der Waals surface area (Å²) in [6.45, 7) is 1.24. The van der Waals surface area contributed by atoms with E-state index >= 15 is 0 Å². The van der Waals surface area contributed by atoms with Gasteiger partial charge in [-0.1, -0.05) is 24.3 Å². The SMILES string of the molecule is COc1cccc(NC(=O)C2CC(c3ccc(F)cc3)CN(Cc3ccc(F)cc3F)C2)c1. The van der Waals surface area contributed by atoms with Gasteiger partial charge in [-0.05, 0) is 48.2 Å². The zero-order chi connectivity index (χ0) is 23.4. The number of amides is 1. The predicted molar refractivity (Wildman–Crippen MR) is 121 cm³/mol. The monoisotopic (exact) mass is 454 g/mol. The molecule has 1 amide bonds. The van der Waals surface area contributed by atoms with Crippen molar-refractivity contribution in [2.45, 2.75) is 18.9 Å². The largest absolute Gasteiger partial charge is 0.497 e. The molecule has 0 spiro atoms. The zero-order valence-corrected chi connectivity index (χ0v) is 18.2. The van der Waals surface area contributed by atoms with Crippen LogP contribution in [0.4, 0.5) is 18.9 Å². The fourth-order valence-corrected chi connectivity index (χ4v) is 4.32. The molecule has 2 unspecified atom stereocenters. The van der Waals surface area contributed by atoms with Crippen LogP contribution < -0.4 is 10.1 Å². The summed E-state index contributed by atoms with van der Waals surface area (Å²) in [5.41, 5.74) is 1.90. The number of likely N-dealkylation sites (tertiary alicyclic amines) is 1. The lowest BCUT2D eigenvalue weighted by molar-refractivity contribution is -0.121. The van der Waals surface area contributed by atoms with Crippen LogP contribution in [0.3, 0.4) is 0 Å². The fraction of sp³-hybridized carbons (Fsp3) is 0.269. The van der Waals surface area contributed by atoms with Crippen molar-refractivity contribution >= 4 is 11.6 Å². The van der Waals surface area contributed by atoms with E-state index in [0.717, 1.165) is 11.6 Å². The van der Waals surface area contributed by atoms with Crippen molar-refractivity contribution in [2.75, 3.05) is 25.5 Å². The van der Waals surface area contributed by atoms with Crippen molar-refractivity contribution in [3.63, 3.8) is 0 Å². The van der Waals surface area contributed by atoms with Crippen molar-refractivity contribution in [3.8, 4) is 5.75 Å². The smallest absolute Gasteiger partial charge is 0.228 e. The molecule has 1 saturated heterocycles. The Hall–Kier alpha value is -3.32. The van der Waals surface area contributed by atoms with Crippen LogP contribution in [-0.2, 0) is 11.3 Å². The van der Waals surface area contributed by atoms with E-state index in [1.165, 1.54) is 24.3 Å². The Bertz CT molecular complexity index is 1120. The summed E-state index contributed by atoms with van der Waals surface area (Å²) in [4.78, 5) is 15.1. The second kappa shape index (κ2) is 10.1. The molecule has 172 valence electrons. The van der Waals surface area contributed by atoms with E-state index in [0.29, 0.717) is 36.5 Å². The van der Waals surface area contributed by atoms with E-state index in [9.17, 15) is 18.0 Å². The van der Waals surface area contributed by atoms with E-state index in [4.69, 9.17) is 4.74 Å². The van der Waals surface area contributed by atoms with Crippen LogP contribution in [-0.4, -0.2) is 31.0 Å². The third kappa shape index (κ3) is 5.73. The van der Waals surface area contributed by atoms with Crippen molar-refractivity contribution in [1.29, 1.82) is 0 Å². The first kappa shape index (κ1) is 22.9. The number of nitrogens with one attached hydrogen (secondary N) is 1. The number of carbonyl (C=O) groups excluding carboxylic acids is 1. The molecule has 0 radical (unpaired) electrons. The highest BCUT2D eigenvalue weighted by Gasteiger charge is 2.33. The Balaban J connectivity index is 1.55. The quantitative estimate of drug-likeness (QED) is 0.546. The Morgan fingerprint density at radius 3 is 2.48 bits per heavy atom. The second-order valence-corrected chi connectivity index (χ2v) is 8.33. The molecule has 1 aliphatic heterocycles. The first-order valence-corrected chi connectivity index (χ1v) is 10.8. The van der Waals surface area contributed by atoms with Gasteiger partial charge < -0.3 is 10.1 Å². The van der Waals surface area contributed by atoms with E-state index in [-0.39, 0.29) is 30.1 Å². The van der Waals surface area contributed by atoms with Crippen molar-refractivity contribution in [2.24, 2.45) is 5.92 Å². The van der Waals surface area contributed by atoms with Crippen LogP contribution >= 0.6 is 0 Å². The number of ether oxygens (including phenoxy) is 1. The van der Waals surface area contributed by atoms with Crippen LogP contribution in [0.5, 0.6) is 5.75 Å². The molecule has 1 fully saturated rings. The van der Waals surface area contributed by atoms with E-state index < -0.39 is 11.6 Å². The summed E-state index contributed by atoms with van der Waals surface area (Å²) >= 11 is 0. The third-order valence-corrected chi connectivity index (χ3v) is 5.98. The Morgan fingerprint density at radius 2 is 1.76 bits per heavy atom. The molecule has 0 bridgehead atoms. The molecular weight excluding hydrogens is 429 g/mol. The van der Waals surface area contributed by atoms with Gasteiger partial charge >= 0.3 is 0 Å². The van der Waals surface area contributed by atoms with E-state index in [1.54, 1.807) is 43.5 Å². The average molecular weight is 454 g/mol. The number of nitrogens with zero attached hydrogens (tertiary/aromatic N) is 1. The minimum absolute atomic E-state index is 0.0380. The topological polar surface area (TPSA) is 41.6 Å². The summed E-state index contributed by atoms with van der Waals surface area (Å²) < 4.78 is 46.3. The van der Waals surface area contributed by atoms with Crippen LogP contribution in [0.15, 0.2) is 66.7 Å². The normalized spacial score (nSPS) is 18.7. The van der Waals surface area contributed by atoms with Gasteiger partial charge in [-0.25, -0.2) is 13.2 Å². The number of benzene rings is 3. The lowest BCUT2D eigenvalue weighted by Gasteiger charge is -2.37. The number of carbonyl (C=O) groups is 1. The molecule has 2 atom stereocenters. The summed E-state index contributed by atoms with van der Waals surface area (Å²) in [6, 6.07) is 16.9. The molecule has 1 heterocycles. The Kier molecular flexibility index (Phi) is 6.99. The highest BCUT2D eigenvalue weighted by molar-refractivity contribution is 5.93. The van der Waals surface area contributed by atoms with Crippen LogP contribution in [0.1, 0.15) is 23.5 Å². The molecule has 33 heavy (non-hydrogen) atoms. The molecule has 1 aliphatic rings. The van der Waals surface area contributed by atoms with Crippen LogP contribution in [0.25, 0.3) is 0 Å².